The summed E-state index contributed by atoms with van der Waals surface area (Å²) in [5, 5.41) is 17.5. The van der Waals surface area contributed by atoms with Gasteiger partial charge in [0.1, 0.15) is 0 Å². The average Bonchev–Trinajstić information content (AvgIpc) is 2.55. The lowest BCUT2D eigenvalue weighted by Gasteiger charge is -2.42. The van der Waals surface area contributed by atoms with Crippen molar-refractivity contribution in [1.82, 2.24) is 10.2 Å². The quantitative estimate of drug-likeness (QED) is 0.581. The Bertz CT molecular complexity index is 766. The fraction of sp³-hybridized carbons (Fsp3) is 0.471. The van der Waals surface area contributed by atoms with Gasteiger partial charge in [0, 0.05) is 17.1 Å². The molecule has 3 rings (SSSR count). The van der Waals surface area contributed by atoms with Crippen molar-refractivity contribution in [3.8, 4) is 5.75 Å². The molecule has 1 aromatic rings. The molecule has 1 fully saturated rings. The maximum atomic E-state index is 12.3. The second-order valence-corrected chi connectivity index (χ2v) is 6.98. The standard InChI is InChI=1S/C17H21ClN4O5/c1-2-22(7-15(24)25)11-5-10(6-11)19-17(26)21-13-4-9(18)3-12-16(13)27-8-14(23)20-12/h3-4,10-11H,2,5-8H2,1H3,(H,20,23)(H,24,25)(H2,19,21,26). The molecular weight excluding hydrogens is 376 g/mol. The minimum Gasteiger partial charge on any atom is -0.480 e. The molecule has 146 valence electrons. The minimum absolute atomic E-state index is 0.00219. The lowest BCUT2D eigenvalue weighted by molar-refractivity contribution is -0.139. The number of aliphatic carboxylic acids is 1. The maximum Gasteiger partial charge on any atom is 0.319 e. The molecule has 0 radical (unpaired) electrons. The SMILES string of the molecule is CCN(CC(=O)O)C1CC(NC(=O)Nc2cc(Cl)cc3c2OCC(=O)N3)C1. The molecule has 10 heteroatoms. The summed E-state index contributed by atoms with van der Waals surface area (Å²) in [5.41, 5.74) is 0.775. The van der Waals surface area contributed by atoms with Gasteiger partial charge in [-0.15, -0.1) is 0 Å². The predicted octanol–water partition coefficient (Wildman–Crippen LogP) is 1.73. The van der Waals surface area contributed by atoms with Gasteiger partial charge >= 0.3 is 12.0 Å². The molecule has 0 unspecified atom stereocenters. The lowest BCUT2D eigenvalue weighted by atomic mass is 9.85. The summed E-state index contributed by atoms with van der Waals surface area (Å²) in [4.78, 5) is 36.5. The fourth-order valence-electron chi connectivity index (χ4n) is 3.28. The number of carboxylic acids is 1. The monoisotopic (exact) mass is 396 g/mol. The van der Waals surface area contributed by atoms with Crippen molar-refractivity contribution < 1.29 is 24.2 Å². The van der Waals surface area contributed by atoms with Crippen LogP contribution < -0.4 is 20.7 Å². The number of hydrogen-bond donors (Lipinski definition) is 4. The number of halogens is 1. The van der Waals surface area contributed by atoms with Crippen molar-refractivity contribution in [2.75, 3.05) is 30.3 Å². The first-order chi connectivity index (χ1) is 12.9. The van der Waals surface area contributed by atoms with Crippen molar-refractivity contribution in [2.24, 2.45) is 0 Å². The van der Waals surface area contributed by atoms with Crippen LogP contribution in [0, 0.1) is 0 Å². The van der Waals surface area contributed by atoms with Crippen LogP contribution in [0.25, 0.3) is 0 Å². The molecule has 0 saturated heterocycles. The third kappa shape index (κ3) is 4.61. The first kappa shape index (κ1) is 19.2. The zero-order valence-electron chi connectivity index (χ0n) is 14.8. The summed E-state index contributed by atoms with van der Waals surface area (Å²) in [6, 6.07) is 2.80. The predicted molar refractivity (Wildman–Crippen MR) is 99.4 cm³/mol. The number of nitrogens with zero attached hydrogens (tertiary/aromatic N) is 1. The number of anilines is 2. The number of rotatable bonds is 6. The molecule has 0 aromatic heterocycles. The highest BCUT2D eigenvalue weighted by Gasteiger charge is 2.34. The molecule has 9 nitrogen and oxygen atoms in total. The molecule has 3 amide bonds. The van der Waals surface area contributed by atoms with Crippen molar-refractivity contribution in [1.29, 1.82) is 0 Å². The summed E-state index contributed by atoms with van der Waals surface area (Å²) in [6.45, 7) is 2.43. The highest BCUT2D eigenvalue weighted by atomic mass is 35.5. The molecular formula is C17H21ClN4O5. The largest absolute Gasteiger partial charge is 0.480 e. The number of carboxylic acid groups (broad SMARTS) is 1. The van der Waals surface area contributed by atoms with Crippen LogP contribution >= 0.6 is 11.6 Å². The third-order valence-electron chi connectivity index (χ3n) is 4.63. The molecule has 4 N–H and O–H groups in total. The van der Waals surface area contributed by atoms with E-state index < -0.39 is 12.0 Å². The Hall–Kier alpha value is -2.52. The van der Waals surface area contributed by atoms with Crippen molar-refractivity contribution in [3.05, 3.63) is 17.2 Å². The third-order valence-corrected chi connectivity index (χ3v) is 4.85. The zero-order chi connectivity index (χ0) is 19.6. The Morgan fingerprint density at radius 1 is 1.41 bits per heavy atom. The van der Waals surface area contributed by atoms with Gasteiger partial charge in [0.2, 0.25) is 0 Å². The zero-order valence-corrected chi connectivity index (χ0v) is 15.5. The van der Waals surface area contributed by atoms with E-state index in [4.69, 9.17) is 21.4 Å². The first-order valence-corrected chi connectivity index (χ1v) is 9.03. The van der Waals surface area contributed by atoms with Crippen LogP contribution in [-0.2, 0) is 9.59 Å². The van der Waals surface area contributed by atoms with Crippen molar-refractivity contribution in [2.45, 2.75) is 31.8 Å². The van der Waals surface area contributed by atoms with Gasteiger partial charge < -0.3 is 25.8 Å². The Morgan fingerprint density at radius 3 is 2.81 bits per heavy atom. The highest BCUT2D eigenvalue weighted by molar-refractivity contribution is 6.31. The first-order valence-electron chi connectivity index (χ1n) is 8.65. The molecule has 1 aliphatic heterocycles. The molecule has 1 aromatic carbocycles. The Kier molecular flexibility index (Phi) is 5.71. The van der Waals surface area contributed by atoms with E-state index in [0.717, 1.165) is 0 Å². The lowest BCUT2D eigenvalue weighted by Crippen LogP contribution is -2.55. The van der Waals surface area contributed by atoms with Crippen LogP contribution in [0.3, 0.4) is 0 Å². The number of fused-ring (bicyclic) bond motifs is 1. The van der Waals surface area contributed by atoms with Gasteiger partial charge in [0.15, 0.2) is 12.4 Å². The number of benzene rings is 1. The van der Waals surface area contributed by atoms with Gasteiger partial charge in [-0.1, -0.05) is 18.5 Å². The van der Waals surface area contributed by atoms with Crippen LogP contribution in [0.15, 0.2) is 12.1 Å². The number of amides is 3. The number of ether oxygens (including phenoxy) is 1. The molecule has 1 saturated carbocycles. The van der Waals surface area contributed by atoms with E-state index in [0.29, 0.717) is 41.5 Å². The van der Waals surface area contributed by atoms with Gasteiger partial charge in [-0.3, -0.25) is 14.5 Å². The molecule has 1 aliphatic carbocycles. The molecule has 0 atom stereocenters. The number of likely N-dealkylation sites (N-methyl/N-ethyl adjacent to an activating group) is 1. The topological polar surface area (TPSA) is 120 Å². The smallest absolute Gasteiger partial charge is 0.319 e. The summed E-state index contributed by atoms with van der Waals surface area (Å²) >= 11 is 6.04. The number of carbonyl (C=O) groups is 3. The average molecular weight is 397 g/mol. The Morgan fingerprint density at radius 2 is 2.15 bits per heavy atom. The minimum atomic E-state index is -0.858. The van der Waals surface area contributed by atoms with Crippen LogP contribution in [-0.4, -0.2) is 59.7 Å². The van der Waals surface area contributed by atoms with E-state index in [2.05, 4.69) is 16.0 Å². The second kappa shape index (κ2) is 8.01. The van der Waals surface area contributed by atoms with E-state index >= 15 is 0 Å². The van der Waals surface area contributed by atoms with Gasteiger partial charge in [0.05, 0.1) is 17.9 Å². The molecule has 0 spiro atoms. The van der Waals surface area contributed by atoms with E-state index in [-0.39, 0.29) is 31.1 Å². The van der Waals surface area contributed by atoms with Crippen LogP contribution in [0.4, 0.5) is 16.2 Å². The van der Waals surface area contributed by atoms with E-state index in [1.165, 1.54) is 0 Å². The van der Waals surface area contributed by atoms with E-state index in [1.807, 2.05) is 11.8 Å². The summed E-state index contributed by atoms with van der Waals surface area (Å²) < 4.78 is 5.39. The molecule has 27 heavy (non-hydrogen) atoms. The van der Waals surface area contributed by atoms with E-state index in [9.17, 15) is 14.4 Å². The number of nitrogens with one attached hydrogen (secondary N) is 3. The maximum absolute atomic E-state index is 12.3. The normalized spacial score (nSPS) is 20.8. The van der Waals surface area contributed by atoms with E-state index in [1.54, 1.807) is 12.1 Å². The number of urea groups is 1. The van der Waals surface area contributed by atoms with Gasteiger partial charge in [-0.05, 0) is 31.5 Å². The molecule has 0 bridgehead atoms. The Balaban J connectivity index is 1.55. The van der Waals surface area contributed by atoms with Crippen LogP contribution in [0.5, 0.6) is 5.75 Å². The summed E-state index contributed by atoms with van der Waals surface area (Å²) in [5.74, 6) is -0.786. The van der Waals surface area contributed by atoms with Crippen LogP contribution in [0.2, 0.25) is 5.02 Å². The van der Waals surface area contributed by atoms with Crippen molar-refractivity contribution >= 4 is 40.9 Å². The van der Waals surface area contributed by atoms with Crippen LogP contribution in [0.1, 0.15) is 19.8 Å². The summed E-state index contributed by atoms with van der Waals surface area (Å²) in [6.07, 6.45) is 1.38. The van der Waals surface area contributed by atoms with Gasteiger partial charge in [-0.25, -0.2) is 4.79 Å². The van der Waals surface area contributed by atoms with Gasteiger partial charge in [-0.2, -0.15) is 0 Å². The highest BCUT2D eigenvalue weighted by Crippen LogP contribution is 2.38. The van der Waals surface area contributed by atoms with Crippen molar-refractivity contribution in [3.63, 3.8) is 0 Å². The van der Waals surface area contributed by atoms with Gasteiger partial charge in [0.25, 0.3) is 5.91 Å². The number of hydrogen-bond acceptors (Lipinski definition) is 5. The fourth-order valence-corrected chi connectivity index (χ4v) is 3.50. The summed E-state index contributed by atoms with van der Waals surface area (Å²) in [7, 11) is 0. The number of carbonyl (C=O) groups excluding carboxylic acids is 2. The Labute approximate surface area is 161 Å². The molecule has 2 aliphatic rings. The molecule has 1 heterocycles. The second-order valence-electron chi connectivity index (χ2n) is 6.54.